The normalized spacial score (nSPS) is 24.9. The van der Waals surface area contributed by atoms with Crippen LogP contribution in [0, 0.1) is 5.92 Å². The van der Waals surface area contributed by atoms with Gasteiger partial charge in [-0.2, -0.15) is 0 Å². The summed E-state index contributed by atoms with van der Waals surface area (Å²) < 4.78 is 26.7. The van der Waals surface area contributed by atoms with Crippen LogP contribution in [0.4, 0.5) is 0 Å². The molecule has 0 spiro atoms. The predicted molar refractivity (Wildman–Crippen MR) is 74.1 cm³/mol. The fourth-order valence-corrected chi connectivity index (χ4v) is 4.16. The maximum absolute atomic E-state index is 12.0. The molecule has 0 saturated heterocycles. The Morgan fingerprint density at radius 2 is 2.28 bits per heavy atom. The maximum Gasteiger partial charge on any atom is 0.242 e. The molecule has 4 nitrogen and oxygen atoms in total. The molecule has 2 rings (SSSR count). The third-order valence-electron chi connectivity index (χ3n) is 3.23. The first-order valence-corrected chi connectivity index (χ1v) is 8.51. The number of alkyl halides is 1. The van der Waals surface area contributed by atoms with Crippen molar-refractivity contribution in [3.63, 3.8) is 0 Å². The SMILES string of the molecule is O=S(=O)(NCC1CCCC(Br)C1)c1cccnc1. The highest BCUT2D eigenvalue weighted by Crippen LogP contribution is 2.28. The lowest BCUT2D eigenvalue weighted by Crippen LogP contribution is -2.32. The van der Waals surface area contributed by atoms with Gasteiger partial charge in [0.2, 0.25) is 10.0 Å². The number of halogens is 1. The zero-order valence-corrected chi connectivity index (χ0v) is 12.5. The van der Waals surface area contributed by atoms with Gasteiger partial charge in [0.25, 0.3) is 0 Å². The second-order valence-electron chi connectivity index (χ2n) is 4.67. The van der Waals surface area contributed by atoms with Gasteiger partial charge in [-0.05, 0) is 37.3 Å². The molecule has 0 radical (unpaired) electrons. The smallest absolute Gasteiger partial charge is 0.242 e. The van der Waals surface area contributed by atoms with Crippen molar-refractivity contribution in [3.05, 3.63) is 24.5 Å². The summed E-state index contributed by atoms with van der Waals surface area (Å²) in [6.07, 6.45) is 7.42. The second kappa shape index (κ2) is 6.12. The molecule has 18 heavy (non-hydrogen) atoms. The van der Waals surface area contributed by atoms with Crippen molar-refractivity contribution in [1.29, 1.82) is 0 Å². The molecule has 1 aliphatic rings. The lowest BCUT2D eigenvalue weighted by molar-refractivity contribution is 0.368. The van der Waals surface area contributed by atoms with E-state index in [4.69, 9.17) is 0 Å². The summed E-state index contributed by atoms with van der Waals surface area (Å²) >= 11 is 3.61. The molecule has 100 valence electrons. The molecule has 2 atom stereocenters. The monoisotopic (exact) mass is 332 g/mol. The highest BCUT2D eigenvalue weighted by Gasteiger charge is 2.22. The molecule has 0 aliphatic heterocycles. The Balaban J connectivity index is 1.93. The number of nitrogens with one attached hydrogen (secondary N) is 1. The number of sulfonamides is 1. The summed E-state index contributed by atoms with van der Waals surface area (Å²) in [5, 5.41) is 0. The number of rotatable bonds is 4. The third kappa shape index (κ3) is 3.76. The van der Waals surface area contributed by atoms with Crippen LogP contribution in [0.25, 0.3) is 0 Å². The van der Waals surface area contributed by atoms with Gasteiger partial charge in [0, 0.05) is 23.8 Å². The highest BCUT2D eigenvalue weighted by molar-refractivity contribution is 9.09. The molecule has 6 heteroatoms. The van der Waals surface area contributed by atoms with E-state index in [-0.39, 0.29) is 4.90 Å². The van der Waals surface area contributed by atoms with E-state index < -0.39 is 10.0 Å². The summed E-state index contributed by atoms with van der Waals surface area (Å²) in [6.45, 7) is 0.513. The Hall–Kier alpha value is -0.460. The first-order valence-electron chi connectivity index (χ1n) is 6.12. The Morgan fingerprint density at radius 3 is 2.94 bits per heavy atom. The maximum atomic E-state index is 12.0. The summed E-state index contributed by atoms with van der Waals surface area (Å²) in [7, 11) is -3.40. The standard InChI is InChI=1S/C12H17BrN2O2S/c13-11-4-1-3-10(7-11)8-15-18(16,17)12-5-2-6-14-9-12/h2,5-6,9-11,15H,1,3-4,7-8H2. The van der Waals surface area contributed by atoms with Gasteiger partial charge in [-0.1, -0.05) is 22.4 Å². The number of pyridine rings is 1. The van der Waals surface area contributed by atoms with Gasteiger partial charge in [-0.25, -0.2) is 13.1 Å². The van der Waals surface area contributed by atoms with Gasteiger partial charge < -0.3 is 0 Å². The van der Waals surface area contributed by atoms with Crippen LogP contribution in [-0.2, 0) is 10.0 Å². The van der Waals surface area contributed by atoms with E-state index in [0.717, 1.165) is 19.3 Å². The number of nitrogens with zero attached hydrogens (tertiary/aromatic N) is 1. The van der Waals surface area contributed by atoms with Crippen LogP contribution in [0.15, 0.2) is 29.4 Å². The molecule has 1 aromatic heterocycles. The molecule has 2 unspecified atom stereocenters. The van der Waals surface area contributed by atoms with E-state index in [0.29, 0.717) is 17.3 Å². The molecule has 1 fully saturated rings. The average molecular weight is 333 g/mol. The van der Waals surface area contributed by atoms with E-state index in [1.54, 1.807) is 18.3 Å². The van der Waals surface area contributed by atoms with Crippen LogP contribution in [0.1, 0.15) is 25.7 Å². The van der Waals surface area contributed by atoms with Crippen molar-refractivity contribution >= 4 is 26.0 Å². The lowest BCUT2D eigenvalue weighted by Gasteiger charge is -2.25. The first kappa shape index (κ1) is 14.0. The number of hydrogen-bond donors (Lipinski definition) is 1. The van der Waals surface area contributed by atoms with Gasteiger partial charge in [0.05, 0.1) is 0 Å². The molecule has 0 aromatic carbocycles. The van der Waals surface area contributed by atoms with E-state index in [2.05, 4.69) is 25.6 Å². The van der Waals surface area contributed by atoms with E-state index >= 15 is 0 Å². The van der Waals surface area contributed by atoms with Crippen molar-refractivity contribution in [2.45, 2.75) is 35.4 Å². The molecule has 0 bridgehead atoms. The Kier molecular flexibility index (Phi) is 4.75. The minimum Gasteiger partial charge on any atom is -0.263 e. The molecule has 1 aliphatic carbocycles. The van der Waals surface area contributed by atoms with Crippen LogP contribution in [-0.4, -0.2) is 24.8 Å². The molecule has 1 N–H and O–H groups in total. The quantitative estimate of drug-likeness (QED) is 0.861. The third-order valence-corrected chi connectivity index (χ3v) is 5.47. The number of hydrogen-bond acceptors (Lipinski definition) is 3. The average Bonchev–Trinajstić information content (AvgIpc) is 2.38. The van der Waals surface area contributed by atoms with Crippen molar-refractivity contribution in [2.75, 3.05) is 6.54 Å². The van der Waals surface area contributed by atoms with Crippen molar-refractivity contribution in [3.8, 4) is 0 Å². The fourth-order valence-electron chi connectivity index (χ4n) is 2.23. The minimum atomic E-state index is -3.40. The summed E-state index contributed by atoms with van der Waals surface area (Å²) in [4.78, 5) is 4.59. The van der Waals surface area contributed by atoms with Crippen LogP contribution in [0.3, 0.4) is 0 Å². The van der Waals surface area contributed by atoms with Crippen molar-refractivity contribution in [1.82, 2.24) is 9.71 Å². The van der Waals surface area contributed by atoms with Gasteiger partial charge in [0.1, 0.15) is 4.90 Å². The Bertz CT molecular complexity index is 478. The van der Waals surface area contributed by atoms with Gasteiger partial charge in [-0.15, -0.1) is 0 Å². The largest absolute Gasteiger partial charge is 0.263 e. The van der Waals surface area contributed by atoms with Crippen LogP contribution < -0.4 is 4.72 Å². The molecule has 1 heterocycles. The van der Waals surface area contributed by atoms with E-state index in [1.165, 1.54) is 12.6 Å². The van der Waals surface area contributed by atoms with Crippen LogP contribution in [0.2, 0.25) is 0 Å². The van der Waals surface area contributed by atoms with Crippen molar-refractivity contribution < 1.29 is 8.42 Å². The molecule has 0 amide bonds. The molecule has 1 aromatic rings. The van der Waals surface area contributed by atoms with Crippen LogP contribution in [0.5, 0.6) is 0 Å². The molecule has 1 saturated carbocycles. The molecular formula is C12H17BrN2O2S. The van der Waals surface area contributed by atoms with Crippen molar-refractivity contribution in [2.24, 2.45) is 5.92 Å². The summed E-state index contributed by atoms with van der Waals surface area (Å²) in [5.41, 5.74) is 0. The Morgan fingerprint density at radius 1 is 1.44 bits per heavy atom. The van der Waals surface area contributed by atoms with Crippen LogP contribution >= 0.6 is 15.9 Å². The number of aromatic nitrogens is 1. The second-order valence-corrected chi connectivity index (χ2v) is 7.73. The zero-order chi connectivity index (χ0) is 13.0. The van der Waals surface area contributed by atoms with Gasteiger partial charge in [-0.3, -0.25) is 4.98 Å². The minimum absolute atomic E-state index is 0.233. The zero-order valence-electron chi connectivity index (χ0n) is 10.0. The van der Waals surface area contributed by atoms with E-state index in [9.17, 15) is 8.42 Å². The highest BCUT2D eigenvalue weighted by atomic mass is 79.9. The van der Waals surface area contributed by atoms with Gasteiger partial charge in [0.15, 0.2) is 0 Å². The predicted octanol–water partition coefficient (Wildman–Crippen LogP) is 2.31. The first-order chi connectivity index (χ1) is 8.58. The topological polar surface area (TPSA) is 59.1 Å². The van der Waals surface area contributed by atoms with E-state index in [1.807, 2.05) is 0 Å². The Labute approximate surface area is 116 Å². The summed E-state index contributed by atoms with van der Waals surface area (Å²) in [5.74, 6) is 0.426. The van der Waals surface area contributed by atoms with Gasteiger partial charge >= 0.3 is 0 Å². The lowest BCUT2D eigenvalue weighted by atomic mass is 9.89. The summed E-state index contributed by atoms with van der Waals surface area (Å²) in [6, 6.07) is 3.19. The molecular weight excluding hydrogens is 316 g/mol. The fraction of sp³-hybridized carbons (Fsp3) is 0.583.